The van der Waals surface area contributed by atoms with Gasteiger partial charge in [0.05, 0.1) is 17.7 Å². The monoisotopic (exact) mass is 577 g/mol. The van der Waals surface area contributed by atoms with E-state index in [9.17, 15) is 18.0 Å². The van der Waals surface area contributed by atoms with Crippen molar-refractivity contribution < 1.29 is 22.7 Å². The molecular formula is C27H29Cl2N3O5S. The van der Waals surface area contributed by atoms with Crippen molar-refractivity contribution in [2.24, 2.45) is 0 Å². The highest BCUT2D eigenvalue weighted by molar-refractivity contribution is 7.92. The Morgan fingerprint density at radius 2 is 1.61 bits per heavy atom. The zero-order valence-corrected chi connectivity index (χ0v) is 23.6. The van der Waals surface area contributed by atoms with Crippen molar-refractivity contribution in [2.45, 2.75) is 31.3 Å². The number of hydrogen-bond acceptors (Lipinski definition) is 5. The predicted octanol–water partition coefficient (Wildman–Crippen LogP) is 4.75. The largest absolute Gasteiger partial charge is 0.495 e. The molecule has 0 fully saturated rings. The molecule has 1 N–H and O–H groups in total. The molecule has 3 rings (SSSR count). The molecule has 0 aliphatic carbocycles. The van der Waals surface area contributed by atoms with Gasteiger partial charge in [0, 0.05) is 23.1 Å². The molecule has 0 spiro atoms. The number of nitrogens with one attached hydrogen (secondary N) is 1. The number of sulfonamides is 1. The van der Waals surface area contributed by atoms with Gasteiger partial charge in [-0.25, -0.2) is 8.42 Å². The first kappa shape index (κ1) is 29.3. The van der Waals surface area contributed by atoms with Crippen LogP contribution in [-0.4, -0.2) is 51.4 Å². The third-order valence-corrected chi connectivity index (χ3v) is 8.07. The number of likely N-dealkylation sites (N-methyl/N-ethyl adjacent to an activating group) is 1. The van der Waals surface area contributed by atoms with Crippen LogP contribution in [0.2, 0.25) is 10.0 Å². The normalized spacial score (nSPS) is 11.9. The second-order valence-corrected chi connectivity index (χ2v) is 11.1. The third kappa shape index (κ3) is 6.98. The van der Waals surface area contributed by atoms with Crippen LogP contribution in [-0.2, 0) is 26.2 Å². The van der Waals surface area contributed by atoms with Crippen molar-refractivity contribution in [1.82, 2.24) is 10.2 Å². The molecule has 11 heteroatoms. The molecule has 0 radical (unpaired) electrons. The van der Waals surface area contributed by atoms with Gasteiger partial charge in [-0.2, -0.15) is 0 Å². The molecule has 202 valence electrons. The Hall–Kier alpha value is -3.27. The van der Waals surface area contributed by atoms with Crippen LogP contribution in [0.1, 0.15) is 19.4 Å². The van der Waals surface area contributed by atoms with Gasteiger partial charge in [0.15, 0.2) is 0 Å². The number of nitrogens with zero attached hydrogens (tertiary/aromatic N) is 2. The number of carbonyl (C=O) groups excluding carboxylic acids is 2. The smallest absolute Gasteiger partial charge is 0.264 e. The minimum atomic E-state index is -4.24. The molecule has 0 aromatic heterocycles. The summed E-state index contributed by atoms with van der Waals surface area (Å²) in [5.74, 6) is -0.754. The first-order valence-corrected chi connectivity index (χ1v) is 14.0. The van der Waals surface area contributed by atoms with E-state index in [1.807, 2.05) is 0 Å². The number of benzene rings is 3. The van der Waals surface area contributed by atoms with Crippen LogP contribution >= 0.6 is 23.2 Å². The topological polar surface area (TPSA) is 96.0 Å². The standard InChI is InChI=1S/C27H29Cl2N3O5S/c1-4-30-27(34)19(2)31(17-20-10-12-21(28)13-11-20)26(33)18-32(24-16-22(29)14-15-25(24)37-3)38(35,36)23-8-6-5-7-9-23/h5-16,19H,4,17-18H2,1-3H3,(H,30,34)/t19-/m0/s1. The Bertz CT molecular complexity index is 1370. The molecule has 38 heavy (non-hydrogen) atoms. The van der Waals surface area contributed by atoms with Crippen molar-refractivity contribution in [3.8, 4) is 5.75 Å². The number of carbonyl (C=O) groups is 2. The van der Waals surface area contributed by atoms with Gasteiger partial charge in [0.1, 0.15) is 18.3 Å². The van der Waals surface area contributed by atoms with Crippen LogP contribution in [0.25, 0.3) is 0 Å². The first-order valence-electron chi connectivity index (χ1n) is 11.8. The SMILES string of the molecule is CCNC(=O)[C@H](C)N(Cc1ccc(Cl)cc1)C(=O)CN(c1cc(Cl)ccc1OC)S(=O)(=O)c1ccccc1. The van der Waals surface area contributed by atoms with Crippen molar-refractivity contribution in [1.29, 1.82) is 0 Å². The summed E-state index contributed by atoms with van der Waals surface area (Å²) >= 11 is 12.2. The van der Waals surface area contributed by atoms with Crippen LogP contribution < -0.4 is 14.4 Å². The molecule has 0 saturated carbocycles. The number of ether oxygens (including phenoxy) is 1. The molecule has 0 bridgehead atoms. The molecule has 3 aromatic carbocycles. The van der Waals surface area contributed by atoms with E-state index >= 15 is 0 Å². The highest BCUT2D eigenvalue weighted by Gasteiger charge is 2.33. The third-order valence-electron chi connectivity index (χ3n) is 5.80. The molecule has 0 heterocycles. The lowest BCUT2D eigenvalue weighted by Gasteiger charge is -2.32. The van der Waals surface area contributed by atoms with Crippen LogP contribution in [0.15, 0.2) is 77.7 Å². The zero-order chi connectivity index (χ0) is 27.9. The Kier molecular flexibility index (Phi) is 10.0. The summed E-state index contributed by atoms with van der Waals surface area (Å²) in [4.78, 5) is 27.9. The quantitative estimate of drug-likeness (QED) is 0.354. The van der Waals surface area contributed by atoms with E-state index in [1.54, 1.807) is 62.4 Å². The molecule has 8 nitrogen and oxygen atoms in total. The average molecular weight is 579 g/mol. The lowest BCUT2D eigenvalue weighted by atomic mass is 10.1. The van der Waals surface area contributed by atoms with Gasteiger partial charge in [-0.3, -0.25) is 13.9 Å². The van der Waals surface area contributed by atoms with E-state index in [-0.39, 0.29) is 33.8 Å². The van der Waals surface area contributed by atoms with Crippen LogP contribution in [0.3, 0.4) is 0 Å². The summed E-state index contributed by atoms with van der Waals surface area (Å²) in [5.41, 5.74) is 0.811. The number of rotatable bonds is 11. The van der Waals surface area contributed by atoms with Crippen molar-refractivity contribution in [3.05, 3.63) is 88.4 Å². The van der Waals surface area contributed by atoms with E-state index in [0.717, 1.165) is 9.87 Å². The summed E-state index contributed by atoms with van der Waals surface area (Å²) < 4.78 is 34.0. The van der Waals surface area contributed by atoms with E-state index in [1.165, 1.54) is 36.3 Å². The van der Waals surface area contributed by atoms with Gasteiger partial charge >= 0.3 is 0 Å². The number of amides is 2. The minimum Gasteiger partial charge on any atom is -0.495 e. The lowest BCUT2D eigenvalue weighted by Crippen LogP contribution is -2.51. The van der Waals surface area contributed by atoms with E-state index < -0.39 is 28.5 Å². The highest BCUT2D eigenvalue weighted by Crippen LogP contribution is 2.35. The zero-order valence-electron chi connectivity index (χ0n) is 21.2. The van der Waals surface area contributed by atoms with Gasteiger partial charge in [-0.05, 0) is 61.9 Å². The van der Waals surface area contributed by atoms with Gasteiger partial charge in [0.25, 0.3) is 10.0 Å². The fourth-order valence-corrected chi connectivity index (χ4v) is 5.51. The molecule has 0 unspecified atom stereocenters. The lowest BCUT2D eigenvalue weighted by molar-refractivity contribution is -0.139. The minimum absolute atomic E-state index is 0.0177. The van der Waals surface area contributed by atoms with Gasteiger partial charge in [0.2, 0.25) is 11.8 Å². The van der Waals surface area contributed by atoms with E-state index in [4.69, 9.17) is 27.9 Å². The maximum Gasteiger partial charge on any atom is 0.264 e. The van der Waals surface area contributed by atoms with Crippen molar-refractivity contribution in [2.75, 3.05) is 24.5 Å². The molecule has 3 aromatic rings. The fourth-order valence-electron chi connectivity index (χ4n) is 3.78. The Morgan fingerprint density at radius 1 is 0.974 bits per heavy atom. The van der Waals surface area contributed by atoms with Crippen LogP contribution in [0.4, 0.5) is 5.69 Å². The van der Waals surface area contributed by atoms with E-state index in [0.29, 0.717) is 11.6 Å². The summed E-state index contributed by atoms with van der Waals surface area (Å²) in [5, 5.41) is 3.50. The molecule has 0 saturated heterocycles. The highest BCUT2D eigenvalue weighted by atomic mass is 35.5. The molecule has 0 aliphatic rings. The number of hydrogen-bond donors (Lipinski definition) is 1. The molecule has 0 aliphatic heterocycles. The summed E-state index contributed by atoms with van der Waals surface area (Å²) in [6.07, 6.45) is 0. The van der Waals surface area contributed by atoms with Gasteiger partial charge in [-0.1, -0.05) is 53.5 Å². The maximum atomic E-state index is 13.9. The summed E-state index contributed by atoms with van der Waals surface area (Å²) in [6, 6.07) is 18.2. The maximum absolute atomic E-state index is 13.9. The predicted molar refractivity (Wildman–Crippen MR) is 149 cm³/mol. The number of methoxy groups -OCH3 is 1. The Morgan fingerprint density at radius 3 is 2.21 bits per heavy atom. The average Bonchev–Trinajstić information content (AvgIpc) is 2.91. The van der Waals surface area contributed by atoms with Crippen molar-refractivity contribution in [3.63, 3.8) is 0 Å². The fraction of sp³-hybridized carbons (Fsp3) is 0.259. The summed E-state index contributed by atoms with van der Waals surface area (Å²) in [6.45, 7) is 3.19. The van der Waals surface area contributed by atoms with Gasteiger partial charge in [-0.15, -0.1) is 0 Å². The van der Waals surface area contributed by atoms with Crippen LogP contribution in [0, 0.1) is 0 Å². The van der Waals surface area contributed by atoms with Crippen LogP contribution in [0.5, 0.6) is 5.75 Å². The molecular weight excluding hydrogens is 549 g/mol. The van der Waals surface area contributed by atoms with Gasteiger partial charge < -0.3 is 15.0 Å². The number of halogens is 2. The van der Waals surface area contributed by atoms with E-state index in [2.05, 4.69) is 5.32 Å². The second kappa shape index (κ2) is 13.0. The Balaban J connectivity index is 2.08. The second-order valence-electron chi connectivity index (χ2n) is 8.36. The molecule has 1 atom stereocenters. The Labute approximate surface area is 233 Å². The first-order chi connectivity index (χ1) is 18.1. The summed E-state index contributed by atoms with van der Waals surface area (Å²) in [7, 11) is -2.84. The molecule has 2 amide bonds. The van der Waals surface area contributed by atoms with Crippen molar-refractivity contribution >= 4 is 50.7 Å². The number of anilines is 1.